The molecule has 1 rings (SSSR count). The Bertz CT molecular complexity index is 237. The van der Waals surface area contributed by atoms with Gasteiger partial charge in [-0.3, -0.25) is 0 Å². The Hall–Kier alpha value is 0.499. The van der Waals surface area contributed by atoms with E-state index in [1.165, 1.54) is 0 Å². The van der Waals surface area contributed by atoms with Gasteiger partial charge in [0.05, 0.1) is 10.0 Å². The standard InChI is InChI=1S/C6H2Cl4O2.Cu/c7-1-2(8)4(10)6(12)5(11)3(1)9;/h11-12H;. The van der Waals surface area contributed by atoms with Gasteiger partial charge in [-0.2, -0.15) is 0 Å². The van der Waals surface area contributed by atoms with Crippen molar-refractivity contribution in [1.29, 1.82) is 0 Å². The van der Waals surface area contributed by atoms with E-state index >= 15 is 0 Å². The molecule has 0 bridgehead atoms. The molecule has 0 aromatic heterocycles. The zero-order valence-electron chi connectivity index (χ0n) is 5.71. The normalized spacial score (nSPS) is 9.54. The summed E-state index contributed by atoms with van der Waals surface area (Å²) < 4.78 is 0. The van der Waals surface area contributed by atoms with E-state index in [1.54, 1.807) is 0 Å². The molecule has 0 aliphatic carbocycles. The van der Waals surface area contributed by atoms with Crippen molar-refractivity contribution < 1.29 is 27.3 Å². The minimum Gasteiger partial charge on any atom is -0.503 e. The average molecular weight is 311 g/mol. The average Bonchev–Trinajstić information content (AvgIpc) is 2.08. The maximum atomic E-state index is 9.08. The van der Waals surface area contributed by atoms with Gasteiger partial charge in [-0.05, 0) is 0 Å². The maximum absolute atomic E-state index is 9.08. The molecule has 0 spiro atoms. The summed E-state index contributed by atoms with van der Waals surface area (Å²) in [5, 5.41) is 17.6. The Labute approximate surface area is 105 Å². The van der Waals surface area contributed by atoms with Crippen LogP contribution in [0.5, 0.6) is 11.5 Å². The van der Waals surface area contributed by atoms with Crippen LogP contribution in [0.3, 0.4) is 0 Å². The fourth-order valence-corrected chi connectivity index (χ4v) is 1.44. The van der Waals surface area contributed by atoms with E-state index in [0.29, 0.717) is 0 Å². The van der Waals surface area contributed by atoms with Gasteiger partial charge in [0.25, 0.3) is 0 Å². The van der Waals surface area contributed by atoms with Crippen LogP contribution in [-0.4, -0.2) is 10.2 Å². The fraction of sp³-hybridized carbons (Fsp3) is 0. The monoisotopic (exact) mass is 309 g/mol. The molecule has 0 heterocycles. The summed E-state index contributed by atoms with van der Waals surface area (Å²) in [4.78, 5) is 0. The quantitative estimate of drug-likeness (QED) is 0.332. The first-order chi connectivity index (χ1) is 5.46. The predicted molar refractivity (Wildman–Crippen MR) is 49.8 cm³/mol. The van der Waals surface area contributed by atoms with Gasteiger partial charge in [0.2, 0.25) is 0 Å². The molecule has 0 amide bonds. The van der Waals surface area contributed by atoms with Crippen molar-refractivity contribution in [3.05, 3.63) is 20.1 Å². The second-order valence-corrected chi connectivity index (χ2v) is 3.47. The van der Waals surface area contributed by atoms with Crippen LogP contribution in [0.25, 0.3) is 0 Å². The van der Waals surface area contributed by atoms with Gasteiger partial charge in [0.15, 0.2) is 11.5 Å². The topological polar surface area (TPSA) is 40.5 Å². The Kier molecular flexibility index (Phi) is 5.02. The van der Waals surface area contributed by atoms with E-state index in [9.17, 15) is 0 Å². The van der Waals surface area contributed by atoms with Crippen molar-refractivity contribution in [2.24, 2.45) is 0 Å². The number of halogens is 4. The molecule has 0 aliphatic rings. The van der Waals surface area contributed by atoms with Gasteiger partial charge in [-0.25, -0.2) is 0 Å². The Morgan fingerprint density at radius 2 is 0.846 bits per heavy atom. The van der Waals surface area contributed by atoms with Gasteiger partial charge in [-0.15, -0.1) is 0 Å². The summed E-state index contributed by atoms with van der Waals surface area (Å²) in [6.07, 6.45) is 0. The molecule has 0 aliphatic heterocycles. The zero-order chi connectivity index (χ0) is 9.46. The number of hydrogen-bond donors (Lipinski definition) is 2. The molecule has 77 valence electrons. The second-order valence-electron chi connectivity index (χ2n) is 1.95. The molecular weight excluding hydrogens is 309 g/mol. The van der Waals surface area contributed by atoms with E-state index in [1.807, 2.05) is 0 Å². The molecule has 1 aromatic rings. The molecule has 0 unspecified atom stereocenters. The molecule has 1 aromatic carbocycles. The molecule has 0 saturated carbocycles. The molecule has 1 radical (unpaired) electrons. The molecule has 2 N–H and O–H groups in total. The van der Waals surface area contributed by atoms with Crippen molar-refractivity contribution in [3.63, 3.8) is 0 Å². The number of benzene rings is 1. The Morgan fingerprint density at radius 1 is 0.615 bits per heavy atom. The molecule has 13 heavy (non-hydrogen) atoms. The third kappa shape index (κ3) is 2.30. The summed E-state index contributed by atoms with van der Waals surface area (Å²) >= 11 is 22.0. The van der Waals surface area contributed by atoms with Crippen molar-refractivity contribution in [3.8, 4) is 11.5 Å². The number of hydrogen-bond acceptors (Lipinski definition) is 2. The van der Waals surface area contributed by atoms with Crippen LogP contribution >= 0.6 is 46.4 Å². The Morgan fingerprint density at radius 3 is 1.08 bits per heavy atom. The summed E-state index contributed by atoms with van der Waals surface area (Å²) in [7, 11) is 0. The van der Waals surface area contributed by atoms with E-state index in [0.717, 1.165) is 0 Å². The molecule has 0 saturated heterocycles. The van der Waals surface area contributed by atoms with E-state index in [4.69, 9.17) is 56.6 Å². The van der Waals surface area contributed by atoms with Gasteiger partial charge in [-0.1, -0.05) is 46.4 Å². The van der Waals surface area contributed by atoms with E-state index in [-0.39, 0.29) is 37.2 Å². The first-order valence-electron chi connectivity index (χ1n) is 2.70. The molecule has 0 atom stereocenters. The summed E-state index contributed by atoms with van der Waals surface area (Å²) in [6.45, 7) is 0. The molecule has 2 nitrogen and oxygen atoms in total. The molecule has 0 fully saturated rings. The third-order valence-electron chi connectivity index (χ3n) is 1.22. The Balaban J connectivity index is 0.00000144. The van der Waals surface area contributed by atoms with Gasteiger partial charge in [0, 0.05) is 17.1 Å². The maximum Gasteiger partial charge on any atom is 0.179 e. The van der Waals surface area contributed by atoms with E-state index < -0.39 is 11.5 Å². The van der Waals surface area contributed by atoms with Crippen molar-refractivity contribution in [2.75, 3.05) is 0 Å². The number of phenols is 2. The number of aromatic hydroxyl groups is 2. The second kappa shape index (κ2) is 4.83. The number of rotatable bonds is 0. The summed E-state index contributed by atoms with van der Waals surface area (Å²) in [5.41, 5.74) is 0. The van der Waals surface area contributed by atoms with Crippen LogP contribution in [0.15, 0.2) is 0 Å². The van der Waals surface area contributed by atoms with Crippen LogP contribution in [0.1, 0.15) is 0 Å². The van der Waals surface area contributed by atoms with Gasteiger partial charge >= 0.3 is 0 Å². The molecular formula is C6H2Cl4CuO2. The van der Waals surface area contributed by atoms with Crippen LogP contribution in [-0.2, 0) is 17.1 Å². The SMILES string of the molecule is Oc1c(O)c(Cl)c(Cl)c(Cl)c1Cl.[Cu]. The summed E-state index contributed by atoms with van der Waals surface area (Å²) in [6, 6.07) is 0. The van der Waals surface area contributed by atoms with Crippen molar-refractivity contribution in [2.45, 2.75) is 0 Å². The van der Waals surface area contributed by atoms with Gasteiger partial charge < -0.3 is 10.2 Å². The summed E-state index contributed by atoms with van der Waals surface area (Å²) in [5.74, 6) is -1.15. The van der Waals surface area contributed by atoms with Gasteiger partial charge in [0.1, 0.15) is 10.0 Å². The smallest absolute Gasteiger partial charge is 0.179 e. The molecule has 7 heteroatoms. The van der Waals surface area contributed by atoms with Crippen molar-refractivity contribution >= 4 is 46.4 Å². The van der Waals surface area contributed by atoms with Crippen LogP contribution in [0.2, 0.25) is 20.1 Å². The van der Waals surface area contributed by atoms with E-state index in [2.05, 4.69) is 0 Å². The third-order valence-corrected chi connectivity index (χ3v) is 3.00. The minimum atomic E-state index is -0.573. The van der Waals surface area contributed by atoms with Crippen LogP contribution in [0.4, 0.5) is 0 Å². The first kappa shape index (κ1) is 13.5. The van der Waals surface area contributed by atoms with Crippen LogP contribution < -0.4 is 0 Å². The largest absolute Gasteiger partial charge is 0.503 e. The predicted octanol–water partition coefficient (Wildman–Crippen LogP) is 3.71. The fourth-order valence-electron chi connectivity index (χ4n) is 0.609. The first-order valence-corrected chi connectivity index (χ1v) is 4.22. The number of phenolic OH excluding ortho intramolecular Hbond substituents is 2. The zero-order valence-corrected chi connectivity index (χ0v) is 9.67. The van der Waals surface area contributed by atoms with Crippen molar-refractivity contribution in [1.82, 2.24) is 0 Å². The minimum absolute atomic E-state index is 0. The van der Waals surface area contributed by atoms with Crippen LogP contribution in [0, 0.1) is 0 Å².